The molecule has 1 saturated heterocycles. The number of hydrogen-bond acceptors (Lipinski definition) is 15. The van der Waals surface area contributed by atoms with Crippen LogP contribution < -0.4 is 21.3 Å². The Kier molecular flexibility index (Phi) is 32.4. The van der Waals surface area contributed by atoms with E-state index >= 15 is 14.4 Å². The highest BCUT2D eigenvalue weighted by molar-refractivity contribution is 5.99. The second kappa shape index (κ2) is 37.5. The van der Waals surface area contributed by atoms with Crippen LogP contribution in [-0.4, -0.2) is 240 Å². The number of aromatic amines is 1. The van der Waals surface area contributed by atoms with Gasteiger partial charge in [-0.05, 0) is 105 Å². The number of methoxy groups -OCH3 is 2. The molecule has 10 amide bonds. The summed E-state index contributed by atoms with van der Waals surface area (Å²) in [7, 11) is 11.2. The fraction of sp³-hybridized carbons (Fsp3) is 0.743. The van der Waals surface area contributed by atoms with E-state index in [-0.39, 0.29) is 68.1 Å². The number of rotatable bonds is 19. The molecular weight excluding hydrogens is 1230 g/mol. The van der Waals surface area contributed by atoms with Gasteiger partial charge in [0.05, 0.1) is 29.8 Å². The molecule has 0 unspecified atom stereocenters. The number of esters is 1. The van der Waals surface area contributed by atoms with Gasteiger partial charge in [-0.3, -0.25) is 47.9 Å². The molecule has 26 nitrogen and oxygen atoms in total. The molecule has 2 heterocycles. The van der Waals surface area contributed by atoms with Crippen molar-refractivity contribution in [3.05, 3.63) is 30.1 Å². The van der Waals surface area contributed by atoms with Crippen molar-refractivity contribution in [3.63, 3.8) is 0 Å². The predicted octanol–water partition coefficient (Wildman–Crippen LogP) is 4.81. The average Bonchev–Trinajstić information content (AvgIpc) is 0.816. The van der Waals surface area contributed by atoms with Crippen molar-refractivity contribution < 1.29 is 67.0 Å². The van der Waals surface area contributed by atoms with Crippen molar-refractivity contribution in [2.75, 3.05) is 63.1 Å². The number of carbonyl (C=O) groups is 11. The number of imidazole rings is 1. The van der Waals surface area contributed by atoms with Crippen LogP contribution in [0.15, 0.2) is 24.3 Å². The minimum atomic E-state index is -1.53. The number of H-pyrrole nitrogens is 1. The molecule has 0 aliphatic carbocycles. The first kappa shape index (κ1) is 83.0. The van der Waals surface area contributed by atoms with E-state index < -0.39 is 162 Å². The summed E-state index contributed by atoms with van der Waals surface area (Å²) in [5, 5.41) is 11.4. The molecule has 0 bridgehead atoms. The summed E-state index contributed by atoms with van der Waals surface area (Å²) in [6.07, 6.45) is -2.82. The Hall–Kier alpha value is -7.22. The van der Waals surface area contributed by atoms with E-state index in [0.29, 0.717) is 11.3 Å². The van der Waals surface area contributed by atoms with Gasteiger partial charge in [0, 0.05) is 62.9 Å². The van der Waals surface area contributed by atoms with E-state index in [2.05, 4.69) is 26.3 Å². The number of cyclic esters (lactones) is 1. The summed E-state index contributed by atoms with van der Waals surface area (Å²) in [6.45, 7) is 29.6. The topological polar surface area (TPSA) is 312 Å². The Morgan fingerprint density at radius 3 is 1.40 bits per heavy atom. The minimum Gasteiger partial charge on any atom is -0.450 e. The Balaban J connectivity index is 2.40. The maximum atomic E-state index is 15.6. The summed E-state index contributed by atoms with van der Waals surface area (Å²) < 4.78 is 17.9. The molecule has 542 valence electrons. The van der Waals surface area contributed by atoms with Gasteiger partial charge >= 0.3 is 5.97 Å². The Bertz CT molecular complexity index is 2930. The summed E-state index contributed by atoms with van der Waals surface area (Å²) in [6, 6.07) is -4.24. The van der Waals surface area contributed by atoms with Crippen molar-refractivity contribution >= 4 is 76.1 Å². The van der Waals surface area contributed by atoms with E-state index in [4.69, 9.17) is 19.2 Å². The Labute approximate surface area is 570 Å². The van der Waals surface area contributed by atoms with Crippen LogP contribution in [0.25, 0.3) is 11.0 Å². The maximum absolute atomic E-state index is 15.6. The molecule has 1 fully saturated rings. The number of nitrogens with zero attached hydrogens (tertiary/aromatic N) is 7. The van der Waals surface area contributed by atoms with Crippen LogP contribution in [0, 0.1) is 47.3 Å². The highest BCUT2D eigenvalue weighted by Crippen LogP contribution is 2.27. The Morgan fingerprint density at radius 2 is 0.948 bits per heavy atom. The van der Waals surface area contributed by atoms with Gasteiger partial charge in [-0.25, -0.2) is 9.78 Å². The highest BCUT2D eigenvalue weighted by atomic mass is 16.6. The molecule has 2 aromatic rings. The van der Waals surface area contributed by atoms with E-state index in [9.17, 15) is 38.4 Å². The third-order valence-electron chi connectivity index (χ3n) is 17.9. The molecule has 1 aromatic heterocycles. The second-order valence-corrected chi connectivity index (χ2v) is 29.3. The van der Waals surface area contributed by atoms with Gasteiger partial charge in [-0.15, -0.1) is 0 Å². The van der Waals surface area contributed by atoms with Crippen molar-refractivity contribution in [2.45, 2.75) is 229 Å². The molecule has 0 saturated carbocycles. The number of likely N-dealkylation sites (N-methyl/N-ethyl adjacent to an activating group) is 6. The van der Waals surface area contributed by atoms with E-state index in [1.54, 1.807) is 34.6 Å². The van der Waals surface area contributed by atoms with Crippen LogP contribution in [-0.2, 0) is 73.4 Å². The normalized spacial score (nSPS) is 25.4. The van der Waals surface area contributed by atoms with Crippen LogP contribution in [0.1, 0.15) is 156 Å². The van der Waals surface area contributed by atoms with Gasteiger partial charge in [0.2, 0.25) is 53.2 Å². The number of ether oxygens (including phenoxy) is 3. The lowest BCUT2D eigenvalue weighted by Crippen LogP contribution is -2.64. The molecule has 3 rings (SSSR count). The molecule has 5 N–H and O–H groups in total. The van der Waals surface area contributed by atoms with Gasteiger partial charge < -0.3 is 69.9 Å². The maximum Gasteiger partial charge on any atom is 0.329 e. The lowest BCUT2D eigenvalue weighted by Gasteiger charge is -2.41. The number of carbonyl (C=O) groups excluding carboxylic acids is 11. The lowest BCUT2D eigenvalue weighted by molar-refractivity contribution is -0.166. The van der Waals surface area contributed by atoms with Gasteiger partial charge in [-0.2, -0.15) is 0 Å². The van der Waals surface area contributed by atoms with Gasteiger partial charge in [0.15, 0.2) is 6.10 Å². The zero-order valence-electron chi connectivity index (χ0n) is 62.2. The SMILES string of the molecule is CO[C@H]([C@H](C)Cc1nc2ccccc2[nH]1)[C@@H]1C(=O)N[C@H]([C@@H](C)OC)C(=O)N(C)CC(=O)N(C)[C@@H](CC(C)C)C(=O)N[C@H](CC(C)C)C(=O)N(C)[C@H](CC(C)C)C(=O)N[C@H](C)C(=O)O[C@@H](C(C)C)C(=O)N(C)[C@H](CC(C)C)C(=O)N[C@H](CC(C)C)C(=O)N(C)[C@H](C(C)C)C(=O)N1C. The molecular formula is C70H118N12O14. The van der Waals surface area contributed by atoms with Crippen molar-refractivity contribution in [2.24, 2.45) is 47.3 Å². The van der Waals surface area contributed by atoms with Gasteiger partial charge in [-0.1, -0.05) is 116 Å². The van der Waals surface area contributed by atoms with Crippen molar-refractivity contribution in [1.29, 1.82) is 0 Å². The number of amides is 10. The van der Waals surface area contributed by atoms with E-state index in [1.807, 2.05) is 100 Å². The standard InChI is InChI=1S/C70H118N12O14/c1-37(2)30-49-65(88)79(20)52(33-40(7)8)61(84)71-45(16)70(93)96-59(43(13)14)69(92)80(21)53(34-41(9)10)63(86)75-50(31-38(3)4)66(89)81(22)57(42(11)12)68(91)82(23)58(60(95-25)44(15)35-54-72-47-28-26-27-29-48(47)73-54)64(87)76-56(46(17)94-24)67(90)77(18)36-55(83)78(19)51(32-39(5)6)62(85)74-49/h26-29,37-46,49-53,56-60H,30-36H2,1-25H3,(H,71,84)(H,72,73)(H,74,85)(H,75,86)(H,76,87)/t44-,45-,46-,49-,50-,51+,52-,53-,56-,57-,58-,59+,60-/m1/s1. The van der Waals surface area contributed by atoms with Gasteiger partial charge in [0.25, 0.3) is 5.91 Å². The zero-order chi connectivity index (χ0) is 73.2. The largest absolute Gasteiger partial charge is 0.450 e. The molecule has 96 heavy (non-hydrogen) atoms. The lowest BCUT2D eigenvalue weighted by atomic mass is 9.91. The second-order valence-electron chi connectivity index (χ2n) is 29.3. The zero-order valence-corrected chi connectivity index (χ0v) is 62.2. The van der Waals surface area contributed by atoms with Crippen LogP contribution in [0.4, 0.5) is 0 Å². The quantitative estimate of drug-likeness (QED) is 0.118. The molecule has 1 aliphatic heterocycles. The predicted molar refractivity (Wildman–Crippen MR) is 367 cm³/mol. The number of fused-ring (bicyclic) bond motifs is 1. The first-order chi connectivity index (χ1) is 44.6. The third-order valence-corrected chi connectivity index (χ3v) is 17.9. The number of hydrogen-bond donors (Lipinski definition) is 5. The molecule has 0 radical (unpaired) electrons. The van der Waals surface area contributed by atoms with Crippen LogP contribution in [0.3, 0.4) is 0 Å². The molecule has 1 aliphatic rings. The van der Waals surface area contributed by atoms with Gasteiger partial charge in [0.1, 0.15) is 60.2 Å². The molecule has 1 aromatic carbocycles. The third kappa shape index (κ3) is 22.7. The minimum absolute atomic E-state index is 0.0964. The fourth-order valence-electron chi connectivity index (χ4n) is 12.3. The molecule has 0 spiro atoms. The van der Waals surface area contributed by atoms with Crippen LogP contribution in [0.2, 0.25) is 0 Å². The monoisotopic (exact) mass is 1350 g/mol. The average molecular weight is 1350 g/mol. The van der Waals surface area contributed by atoms with Crippen molar-refractivity contribution in [1.82, 2.24) is 60.6 Å². The number of aromatic nitrogens is 2. The Morgan fingerprint density at radius 1 is 0.500 bits per heavy atom. The van der Waals surface area contributed by atoms with E-state index in [0.717, 1.165) is 10.4 Å². The number of benzene rings is 1. The summed E-state index contributed by atoms with van der Waals surface area (Å²) in [5.41, 5.74) is 1.48. The molecule has 13 atom stereocenters. The van der Waals surface area contributed by atoms with Crippen LogP contribution >= 0.6 is 0 Å². The summed E-state index contributed by atoms with van der Waals surface area (Å²) >= 11 is 0. The number of para-hydroxylation sites is 2. The summed E-state index contributed by atoms with van der Waals surface area (Å²) in [5.74, 6) is -10.2. The first-order valence-corrected chi connectivity index (χ1v) is 34.1. The summed E-state index contributed by atoms with van der Waals surface area (Å²) in [4.78, 5) is 179. The van der Waals surface area contributed by atoms with Crippen LogP contribution in [0.5, 0.6) is 0 Å². The highest BCUT2D eigenvalue weighted by Gasteiger charge is 2.47. The van der Waals surface area contributed by atoms with E-state index in [1.165, 1.54) is 87.9 Å². The first-order valence-electron chi connectivity index (χ1n) is 34.1. The molecule has 26 heteroatoms. The number of nitrogens with one attached hydrogen (secondary N) is 5. The fourth-order valence-corrected chi connectivity index (χ4v) is 12.3. The van der Waals surface area contributed by atoms with Crippen molar-refractivity contribution in [3.8, 4) is 0 Å². The smallest absolute Gasteiger partial charge is 0.329 e.